The van der Waals surface area contributed by atoms with Crippen LogP contribution in [-0.2, 0) is 4.74 Å². The number of hydrogen-bond acceptors (Lipinski definition) is 7. The van der Waals surface area contributed by atoms with E-state index in [2.05, 4.69) is 16.8 Å². The van der Waals surface area contributed by atoms with Gasteiger partial charge in [-0.05, 0) is 6.92 Å². The smallest absolute Gasteiger partial charge is 0.350 e. The van der Waals surface area contributed by atoms with Crippen molar-refractivity contribution >= 4 is 0 Å². The standard InChI is InChI=1S/C11H13N3O6/c1-2-3-11(19)7(16)6(4-15)20-8(11)14-5-12-9(17)13-10(14)18/h5-8,15-16,19H,4H2,1H3,(H,13,17,18). The van der Waals surface area contributed by atoms with E-state index >= 15 is 0 Å². The number of ether oxygens (including phenoxy) is 1. The molecule has 4 unspecified atom stereocenters. The minimum atomic E-state index is -2.11. The monoisotopic (exact) mass is 283 g/mol. The van der Waals surface area contributed by atoms with Gasteiger partial charge in [0.2, 0.25) is 0 Å². The van der Waals surface area contributed by atoms with Gasteiger partial charge in [-0.1, -0.05) is 5.92 Å². The van der Waals surface area contributed by atoms with Crippen LogP contribution < -0.4 is 11.4 Å². The molecule has 20 heavy (non-hydrogen) atoms. The highest BCUT2D eigenvalue weighted by molar-refractivity contribution is 5.21. The van der Waals surface area contributed by atoms with Gasteiger partial charge in [0.25, 0.3) is 0 Å². The minimum absolute atomic E-state index is 0.573. The molecule has 1 aliphatic rings. The molecule has 4 atom stereocenters. The summed E-state index contributed by atoms with van der Waals surface area (Å²) in [6.45, 7) is 0.860. The highest BCUT2D eigenvalue weighted by Gasteiger charge is 2.55. The molecule has 1 aromatic rings. The fourth-order valence-corrected chi connectivity index (χ4v) is 2.05. The zero-order valence-electron chi connectivity index (χ0n) is 10.5. The number of aromatic amines is 1. The Kier molecular flexibility index (Phi) is 3.74. The Morgan fingerprint density at radius 2 is 2.30 bits per heavy atom. The molecule has 0 aliphatic carbocycles. The molecule has 2 rings (SSSR count). The van der Waals surface area contributed by atoms with Gasteiger partial charge >= 0.3 is 11.4 Å². The summed E-state index contributed by atoms with van der Waals surface area (Å²) in [6.07, 6.45) is -3.17. The topological polar surface area (TPSA) is 138 Å². The Morgan fingerprint density at radius 3 is 2.85 bits per heavy atom. The Labute approximate surface area is 112 Å². The van der Waals surface area contributed by atoms with Gasteiger partial charge in [0.05, 0.1) is 6.61 Å². The highest BCUT2D eigenvalue weighted by Crippen LogP contribution is 2.37. The van der Waals surface area contributed by atoms with Crippen LogP contribution in [0, 0.1) is 11.8 Å². The molecule has 4 N–H and O–H groups in total. The first-order valence-corrected chi connectivity index (χ1v) is 5.72. The average molecular weight is 283 g/mol. The summed E-state index contributed by atoms with van der Waals surface area (Å²) in [6, 6.07) is 0. The summed E-state index contributed by atoms with van der Waals surface area (Å²) in [4.78, 5) is 27.9. The van der Waals surface area contributed by atoms with Crippen molar-refractivity contribution in [3.63, 3.8) is 0 Å². The average Bonchev–Trinajstić information content (AvgIpc) is 2.63. The van der Waals surface area contributed by atoms with E-state index in [9.17, 15) is 19.8 Å². The summed E-state index contributed by atoms with van der Waals surface area (Å²) in [5.41, 5.74) is -3.84. The number of aliphatic hydroxyl groups excluding tert-OH is 2. The molecule has 2 heterocycles. The molecule has 0 bridgehead atoms. The van der Waals surface area contributed by atoms with E-state index in [0.717, 1.165) is 10.9 Å². The molecule has 1 aromatic heterocycles. The van der Waals surface area contributed by atoms with E-state index in [1.54, 1.807) is 0 Å². The summed E-state index contributed by atoms with van der Waals surface area (Å²) >= 11 is 0. The molecule has 1 saturated heterocycles. The number of rotatable bonds is 2. The number of aliphatic hydroxyl groups is 3. The van der Waals surface area contributed by atoms with Crippen molar-refractivity contribution in [1.29, 1.82) is 0 Å². The maximum atomic E-state index is 11.7. The van der Waals surface area contributed by atoms with Crippen LogP contribution in [0.25, 0.3) is 0 Å². The maximum Gasteiger partial charge on any atom is 0.350 e. The lowest BCUT2D eigenvalue weighted by Crippen LogP contribution is -2.48. The van der Waals surface area contributed by atoms with Crippen molar-refractivity contribution in [3.8, 4) is 11.8 Å². The number of nitrogens with one attached hydrogen (secondary N) is 1. The second-order valence-electron chi connectivity index (χ2n) is 4.24. The molecular weight excluding hydrogens is 270 g/mol. The van der Waals surface area contributed by atoms with Gasteiger partial charge in [0.15, 0.2) is 11.8 Å². The van der Waals surface area contributed by atoms with Crippen LogP contribution in [0.5, 0.6) is 0 Å². The lowest BCUT2D eigenvalue weighted by atomic mass is 9.94. The molecule has 0 radical (unpaired) electrons. The molecule has 0 spiro atoms. The van der Waals surface area contributed by atoms with Crippen molar-refractivity contribution in [2.24, 2.45) is 0 Å². The first kappa shape index (κ1) is 14.4. The third-order valence-electron chi connectivity index (χ3n) is 2.99. The van der Waals surface area contributed by atoms with Gasteiger partial charge in [-0.25, -0.2) is 9.59 Å². The second kappa shape index (κ2) is 5.18. The van der Waals surface area contributed by atoms with E-state index < -0.39 is 42.0 Å². The summed E-state index contributed by atoms with van der Waals surface area (Å²) in [7, 11) is 0. The fourth-order valence-electron chi connectivity index (χ4n) is 2.05. The second-order valence-corrected chi connectivity index (χ2v) is 4.24. The number of H-pyrrole nitrogens is 1. The zero-order valence-corrected chi connectivity index (χ0v) is 10.5. The zero-order chi connectivity index (χ0) is 14.9. The van der Waals surface area contributed by atoms with Crippen molar-refractivity contribution < 1.29 is 20.1 Å². The van der Waals surface area contributed by atoms with E-state index in [1.165, 1.54) is 6.92 Å². The van der Waals surface area contributed by atoms with E-state index in [0.29, 0.717) is 0 Å². The van der Waals surface area contributed by atoms with Gasteiger partial charge < -0.3 is 20.1 Å². The van der Waals surface area contributed by atoms with E-state index in [-0.39, 0.29) is 0 Å². The maximum absolute atomic E-state index is 11.7. The number of hydrogen-bond donors (Lipinski definition) is 4. The summed E-state index contributed by atoms with van der Waals surface area (Å²) in [5.74, 6) is 4.79. The molecule has 108 valence electrons. The Hall–Kier alpha value is -1.99. The van der Waals surface area contributed by atoms with Crippen molar-refractivity contribution in [2.75, 3.05) is 6.61 Å². The van der Waals surface area contributed by atoms with Crippen LogP contribution in [0.2, 0.25) is 0 Å². The molecule has 9 heteroatoms. The third-order valence-corrected chi connectivity index (χ3v) is 2.99. The van der Waals surface area contributed by atoms with Crippen molar-refractivity contribution in [2.45, 2.75) is 31.0 Å². The predicted octanol–water partition coefficient (Wildman–Crippen LogP) is -3.06. The molecule has 1 fully saturated rings. The normalized spacial score (nSPS) is 32.7. The van der Waals surface area contributed by atoms with Crippen LogP contribution in [0.15, 0.2) is 15.9 Å². The minimum Gasteiger partial charge on any atom is -0.394 e. The van der Waals surface area contributed by atoms with Crippen LogP contribution in [0.3, 0.4) is 0 Å². The highest BCUT2D eigenvalue weighted by atomic mass is 16.6. The van der Waals surface area contributed by atoms with Crippen LogP contribution >= 0.6 is 0 Å². The lowest BCUT2D eigenvalue weighted by molar-refractivity contribution is -0.0771. The number of aromatic nitrogens is 3. The summed E-state index contributed by atoms with van der Waals surface area (Å²) < 4.78 is 6.04. The van der Waals surface area contributed by atoms with Gasteiger partial charge in [0, 0.05) is 0 Å². The third kappa shape index (κ3) is 2.14. The van der Waals surface area contributed by atoms with Gasteiger partial charge in [0.1, 0.15) is 18.5 Å². The Morgan fingerprint density at radius 1 is 1.60 bits per heavy atom. The molecule has 1 aliphatic heterocycles. The first-order chi connectivity index (χ1) is 9.43. The molecule has 0 saturated carbocycles. The first-order valence-electron chi connectivity index (χ1n) is 5.72. The van der Waals surface area contributed by atoms with E-state index in [4.69, 9.17) is 9.84 Å². The molecular formula is C11H13N3O6. The van der Waals surface area contributed by atoms with Crippen molar-refractivity contribution in [1.82, 2.24) is 14.5 Å². The van der Waals surface area contributed by atoms with Crippen LogP contribution in [-0.4, -0.2) is 54.3 Å². The van der Waals surface area contributed by atoms with Gasteiger partial charge in [-0.2, -0.15) is 4.98 Å². The molecule has 0 amide bonds. The summed E-state index contributed by atoms with van der Waals surface area (Å²) in [5, 5.41) is 29.5. The Bertz CT molecular complexity index is 671. The quantitative estimate of drug-likeness (QED) is 0.423. The van der Waals surface area contributed by atoms with Gasteiger partial charge in [-0.3, -0.25) is 9.55 Å². The molecule has 9 nitrogen and oxygen atoms in total. The SMILES string of the molecule is CC#CC1(O)C(O)C(CO)OC1n1cnc(=O)[nH]c1=O. The van der Waals surface area contributed by atoms with E-state index in [1.807, 2.05) is 4.98 Å². The van der Waals surface area contributed by atoms with Crippen molar-refractivity contribution in [3.05, 3.63) is 27.3 Å². The van der Waals surface area contributed by atoms with Gasteiger partial charge in [-0.15, -0.1) is 5.92 Å². The molecule has 0 aromatic carbocycles. The fraction of sp³-hybridized carbons (Fsp3) is 0.545. The predicted molar refractivity (Wildman–Crippen MR) is 64.5 cm³/mol. The van der Waals surface area contributed by atoms with Crippen LogP contribution in [0.1, 0.15) is 13.2 Å². The largest absolute Gasteiger partial charge is 0.394 e. The Balaban J connectivity index is 2.55. The number of nitrogens with zero attached hydrogens (tertiary/aromatic N) is 2. The van der Waals surface area contributed by atoms with Crippen LogP contribution in [0.4, 0.5) is 0 Å². The lowest BCUT2D eigenvalue weighted by Gasteiger charge is -2.26.